The van der Waals surface area contributed by atoms with Crippen LogP contribution in [0.15, 0.2) is 12.1 Å². The largest absolute Gasteiger partial charge is 0.366 e. The van der Waals surface area contributed by atoms with Gasteiger partial charge in [-0.05, 0) is 62.8 Å². The number of aryl methyl sites for hydroxylation is 1. The van der Waals surface area contributed by atoms with E-state index in [0.29, 0.717) is 5.92 Å². The standard InChI is InChI=1S/C18H27NO/c1-6-7-8-19-17-13(2)9-15(12-20)10-16(17)14(3)11-18(19,4)5/h9-10,12,14H,6-8,11H2,1-5H3/t14-/m1/s1. The lowest BCUT2D eigenvalue weighted by Crippen LogP contribution is -2.49. The highest BCUT2D eigenvalue weighted by molar-refractivity contribution is 5.79. The average molecular weight is 273 g/mol. The summed E-state index contributed by atoms with van der Waals surface area (Å²) in [6.45, 7) is 12.4. The van der Waals surface area contributed by atoms with Gasteiger partial charge in [0.15, 0.2) is 0 Å². The second kappa shape index (κ2) is 5.59. The van der Waals surface area contributed by atoms with Crippen LogP contribution in [0.3, 0.4) is 0 Å². The highest BCUT2D eigenvalue weighted by atomic mass is 16.1. The lowest BCUT2D eigenvalue weighted by molar-refractivity contribution is 0.112. The lowest BCUT2D eigenvalue weighted by atomic mass is 9.78. The highest BCUT2D eigenvalue weighted by Crippen LogP contribution is 2.45. The van der Waals surface area contributed by atoms with Crippen LogP contribution in [0.2, 0.25) is 0 Å². The molecule has 1 heterocycles. The Bertz CT molecular complexity index is 504. The van der Waals surface area contributed by atoms with E-state index >= 15 is 0 Å². The molecule has 1 aromatic rings. The summed E-state index contributed by atoms with van der Waals surface area (Å²) in [5.74, 6) is 0.511. The number of carbonyl (C=O) groups excluding carboxylic acids is 1. The third-order valence-electron chi connectivity index (χ3n) is 4.56. The van der Waals surface area contributed by atoms with Crippen LogP contribution in [-0.2, 0) is 0 Å². The van der Waals surface area contributed by atoms with Gasteiger partial charge in [-0.2, -0.15) is 0 Å². The molecular formula is C18H27NO. The van der Waals surface area contributed by atoms with E-state index in [2.05, 4.69) is 45.6 Å². The van der Waals surface area contributed by atoms with E-state index in [0.717, 1.165) is 24.8 Å². The van der Waals surface area contributed by atoms with Gasteiger partial charge in [0.1, 0.15) is 6.29 Å². The molecular weight excluding hydrogens is 246 g/mol. The van der Waals surface area contributed by atoms with Gasteiger partial charge in [-0.1, -0.05) is 20.3 Å². The minimum Gasteiger partial charge on any atom is -0.366 e. The Labute approximate surface area is 123 Å². The van der Waals surface area contributed by atoms with Crippen LogP contribution >= 0.6 is 0 Å². The second-order valence-corrected chi connectivity index (χ2v) is 6.82. The van der Waals surface area contributed by atoms with Crippen molar-refractivity contribution in [2.75, 3.05) is 11.4 Å². The molecule has 0 amide bonds. The summed E-state index contributed by atoms with van der Waals surface area (Å²) < 4.78 is 0. The van der Waals surface area contributed by atoms with Gasteiger partial charge in [0.05, 0.1) is 0 Å². The number of fused-ring (bicyclic) bond motifs is 1. The van der Waals surface area contributed by atoms with Crippen LogP contribution in [0.4, 0.5) is 5.69 Å². The number of aldehydes is 1. The number of anilines is 1. The number of benzene rings is 1. The fraction of sp³-hybridized carbons (Fsp3) is 0.611. The first-order valence-electron chi connectivity index (χ1n) is 7.78. The molecule has 0 radical (unpaired) electrons. The molecule has 1 aliphatic rings. The van der Waals surface area contributed by atoms with E-state index < -0.39 is 0 Å². The molecule has 0 saturated heterocycles. The van der Waals surface area contributed by atoms with Gasteiger partial charge in [0.2, 0.25) is 0 Å². The van der Waals surface area contributed by atoms with Crippen LogP contribution in [0, 0.1) is 6.92 Å². The topological polar surface area (TPSA) is 20.3 Å². The lowest BCUT2D eigenvalue weighted by Gasteiger charge is -2.48. The molecule has 0 aromatic heterocycles. The number of carbonyl (C=O) groups is 1. The van der Waals surface area contributed by atoms with E-state index in [1.807, 2.05) is 6.07 Å². The van der Waals surface area contributed by atoms with Crippen molar-refractivity contribution in [1.82, 2.24) is 0 Å². The summed E-state index contributed by atoms with van der Waals surface area (Å²) in [5, 5.41) is 0. The van der Waals surface area contributed by atoms with Crippen molar-refractivity contribution in [2.45, 2.75) is 65.3 Å². The Kier molecular flexibility index (Phi) is 4.22. The Morgan fingerprint density at radius 1 is 1.40 bits per heavy atom. The van der Waals surface area contributed by atoms with Crippen LogP contribution in [-0.4, -0.2) is 18.4 Å². The van der Waals surface area contributed by atoms with Crippen molar-refractivity contribution in [3.8, 4) is 0 Å². The maximum atomic E-state index is 11.1. The van der Waals surface area contributed by atoms with Gasteiger partial charge in [-0.3, -0.25) is 4.79 Å². The average Bonchev–Trinajstić information content (AvgIpc) is 2.38. The first-order chi connectivity index (χ1) is 9.40. The Hall–Kier alpha value is -1.31. The summed E-state index contributed by atoms with van der Waals surface area (Å²) in [5.41, 5.74) is 4.95. The van der Waals surface area contributed by atoms with Crippen LogP contribution in [0.1, 0.15) is 74.4 Å². The van der Waals surface area contributed by atoms with Crippen molar-refractivity contribution in [1.29, 1.82) is 0 Å². The van der Waals surface area contributed by atoms with Gasteiger partial charge < -0.3 is 4.90 Å². The molecule has 0 spiro atoms. The number of hydrogen-bond donors (Lipinski definition) is 0. The monoisotopic (exact) mass is 273 g/mol. The van der Waals surface area contributed by atoms with E-state index in [-0.39, 0.29) is 5.54 Å². The summed E-state index contributed by atoms with van der Waals surface area (Å²) in [7, 11) is 0. The third-order valence-corrected chi connectivity index (χ3v) is 4.56. The number of unbranched alkanes of at least 4 members (excludes halogenated alkanes) is 1. The van der Waals surface area contributed by atoms with E-state index in [4.69, 9.17) is 0 Å². The molecule has 0 bridgehead atoms. The van der Waals surface area contributed by atoms with Crippen LogP contribution < -0.4 is 4.90 Å². The zero-order valence-electron chi connectivity index (χ0n) is 13.5. The molecule has 110 valence electrons. The molecule has 2 heteroatoms. The fourth-order valence-corrected chi connectivity index (χ4v) is 3.65. The molecule has 0 N–H and O–H groups in total. The molecule has 0 unspecified atom stereocenters. The van der Waals surface area contributed by atoms with E-state index in [9.17, 15) is 4.79 Å². The zero-order valence-corrected chi connectivity index (χ0v) is 13.5. The smallest absolute Gasteiger partial charge is 0.150 e. The molecule has 0 saturated carbocycles. The Morgan fingerprint density at radius 2 is 2.10 bits per heavy atom. The number of hydrogen-bond acceptors (Lipinski definition) is 2. The van der Waals surface area contributed by atoms with Gasteiger partial charge in [-0.25, -0.2) is 0 Å². The van der Waals surface area contributed by atoms with Crippen molar-refractivity contribution < 1.29 is 4.79 Å². The highest BCUT2D eigenvalue weighted by Gasteiger charge is 2.36. The molecule has 1 aliphatic heterocycles. The molecule has 2 nitrogen and oxygen atoms in total. The SMILES string of the molecule is CCCCN1c2c(C)cc(C=O)cc2[C@H](C)CC1(C)C. The normalized spacial score (nSPS) is 20.6. The van der Waals surface area contributed by atoms with Crippen molar-refractivity contribution in [3.05, 3.63) is 28.8 Å². The van der Waals surface area contributed by atoms with Crippen LogP contribution in [0.5, 0.6) is 0 Å². The summed E-state index contributed by atoms with van der Waals surface area (Å²) in [6.07, 6.45) is 4.54. The van der Waals surface area contributed by atoms with Gasteiger partial charge >= 0.3 is 0 Å². The fourth-order valence-electron chi connectivity index (χ4n) is 3.65. The first kappa shape index (κ1) is 15.1. The first-order valence-corrected chi connectivity index (χ1v) is 7.78. The minimum atomic E-state index is 0.190. The summed E-state index contributed by atoms with van der Waals surface area (Å²) >= 11 is 0. The van der Waals surface area contributed by atoms with Crippen molar-refractivity contribution >= 4 is 12.0 Å². The molecule has 2 rings (SSSR count). The van der Waals surface area contributed by atoms with Gasteiger partial charge in [0.25, 0.3) is 0 Å². The van der Waals surface area contributed by atoms with E-state index in [1.165, 1.54) is 29.7 Å². The van der Waals surface area contributed by atoms with Gasteiger partial charge in [-0.15, -0.1) is 0 Å². The van der Waals surface area contributed by atoms with Gasteiger partial charge in [0, 0.05) is 23.3 Å². The summed E-state index contributed by atoms with van der Waals surface area (Å²) in [4.78, 5) is 13.7. The van der Waals surface area contributed by atoms with Crippen molar-refractivity contribution in [3.63, 3.8) is 0 Å². The predicted molar refractivity (Wildman–Crippen MR) is 85.9 cm³/mol. The maximum Gasteiger partial charge on any atom is 0.150 e. The maximum absolute atomic E-state index is 11.1. The van der Waals surface area contributed by atoms with E-state index in [1.54, 1.807) is 0 Å². The Morgan fingerprint density at radius 3 is 2.70 bits per heavy atom. The molecule has 1 aromatic carbocycles. The second-order valence-electron chi connectivity index (χ2n) is 6.82. The Balaban J connectivity index is 2.54. The van der Waals surface area contributed by atoms with Crippen LogP contribution in [0.25, 0.3) is 0 Å². The quantitative estimate of drug-likeness (QED) is 0.741. The number of nitrogens with zero attached hydrogens (tertiary/aromatic N) is 1. The molecule has 0 fully saturated rings. The molecule has 0 aliphatic carbocycles. The third kappa shape index (κ3) is 2.61. The number of rotatable bonds is 4. The predicted octanol–water partition coefficient (Wildman–Crippen LogP) is 4.70. The summed E-state index contributed by atoms with van der Waals surface area (Å²) in [6, 6.07) is 4.12. The minimum absolute atomic E-state index is 0.190. The molecule has 20 heavy (non-hydrogen) atoms. The zero-order chi connectivity index (χ0) is 14.9. The molecule has 1 atom stereocenters. The van der Waals surface area contributed by atoms with Crippen molar-refractivity contribution in [2.24, 2.45) is 0 Å².